The number of amides is 1. The topological polar surface area (TPSA) is 75.0 Å². The first-order valence-electron chi connectivity index (χ1n) is 9.93. The standard InChI is InChI=1S/C24H22FN3O2S/c1-2-3-12-30-22-7-5-4-6-18(22)14-19(15-26)23(29)28-24-27-16-21(31-24)13-17-8-10-20(25)11-9-17/h4-11,14,16H,2-3,12-13H2,1H3,(H,27,28,29). The zero-order valence-electron chi connectivity index (χ0n) is 17.1. The largest absolute Gasteiger partial charge is 0.493 e. The molecule has 3 rings (SSSR count). The first-order chi connectivity index (χ1) is 15.1. The Morgan fingerprint density at radius 3 is 2.77 bits per heavy atom. The third-order valence-electron chi connectivity index (χ3n) is 4.41. The number of nitrogens with one attached hydrogen (secondary N) is 1. The molecule has 0 bridgehead atoms. The first kappa shape index (κ1) is 22.2. The van der Waals surface area contributed by atoms with E-state index in [-0.39, 0.29) is 11.4 Å². The molecule has 1 amide bonds. The molecule has 5 nitrogen and oxygen atoms in total. The molecule has 1 aromatic heterocycles. The number of carbonyl (C=O) groups is 1. The quantitative estimate of drug-likeness (QED) is 0.270. The summed E-state index contributed by atoms with van der Waals surface area (Å²) in [6.07, 6.45) is 5.70. The molecule has 1 N–H and O–H groups in total. The van der Waals surface area contributed by atoms with E-state index in [1.807, 2.05) is 24.3 Å². The minimum absolute atomic E-state index is 0.0400. The van der Waals surface area contributed by atoms with Crippen molar-refractivity contribution in [3.63, 3.8) is 0 Å². The molecule has 0 unspecified atom stereocenters. The van der Waals surface area contributed by atoms with Gasteiger partial charge >= 0.3 is 0 Å². The van der Waals surface area contributed by atoms with Gasteiger partial charge in [-0.25, -0.2) is 9.37 Å². The smallest absolute Gasteiger partial charge is 0.268 e. The third-order valence-corrected chi connectivity index (χ3v) is 5.32. The van der Waals surface area contributed by atoms with Crippen molar-refractivity contribution < 1.29 is 13.9 Å². The lowest BCUT2D eigenvalue weighted by Gasteiger charge is -2.09. The van der Waals surface area contributed by atoms with Gasteiger partial charge in [-0.2, -0.15) is 5.26 Å². The number of nitrogens with zero attached hydrogens (tertiary/aromatic N) is 2. The summed E-state index contributed by atoms with van der Waals surface area (Å²) in [5.41, 5.74) is 1.57. The molecule has 7 heteroatoms. The van der Waals surface area contributed by atoms with Gasteiger partial charge in [0.15, 0.2) is 5.13 Å². The minimum atomic E-state index is -0.534. The summed E-state index contributed by atoms with van der Waals surface area (Å²) in [5.74, 6) is -0.185. The predicted molar refractivity (Wildman–Crippen MR) is 120 cm³/mol. The Morgan fingerprint density at radius 2 is 2.03 bits per heavy atom. The highest BCUT2D eigenvalue weighted by Crippen LogP contribution is 2.24. The van der Waals surface area contributed by atoms with Gasteiger partial charge in [-0.3, -0.25) is 10.1 Å². The van der Waals surface area contributed by atoms with Crippen LogP contribution in [0.1, 0.15) is 35.8 Å². The van der Waals surface area contributed by atoms with E-state index in [2.05, 4.69) is 17.2 Å². The van der Waals surface area contributed by atoms with Crippen molar-refractivity contribution >= 4 is 28.5 Å². The Labute approximate surface area is 184 Å². The second-order valence-corrected chi connectivity index (χ2v) is 7.91. The lowest BCUT2D eigenvalue weighted by atomic mass is 10.1. The number of benzene rings is 2. The van der Waals surface area contributed by atoms with Crippen molar-refractivity contribution in [2.45, 2.75) is 26.2 Å². The number of hydrogen-bond acceptors (Lipinski definition) is 5. The fourth-order valence-corrected chi connectivity index (χ4v) is 3.62. The maximum Gasteiger partial charge on any atom is 0.268 e. The van der Waals surface area contributed by atoms with Crippen LogP contribution in [0, 0.1) is 17.1 Å². The molecule has 0 radical (unpaired) electrons. The zero-order chi connectivity index (χ0) is 22.1. The van der Waals surface area contributed by atoms with E-state index >= 15 is 0 Å². The third kappa shape index (κ3) is 6.49. The normalized spacial score (nSPS) is 11.1. The molecule has 31 heavy (non-hydrogen) atoms. The van der Waals surface area contributed by atoms with Crippen LogP contribution < -0.4 is 10.1 Å². The number of aromatic nitrogens is 1. The summed E-state index contributed by atoms with van der Waals surface area (Å²) in [6, 6.07) is 15.5. The molecule has 1 heterocycles. The number of hydrogen-bond donors (Lipinski definition) is 1. The monoisotopic (exact) mass is 435 g/mol. The van der Waals surface area contributed by atoms with E-state index in [4.69, 9.17) is 4.74 Å². The fraction of sp³-hybridized carbons (Fsp3) is 0.208. The number of thiazole rings is 1. The molecule has 0 saturated carbocycles. The van der Waals surface area contributed by atoms with Gasteiger partial charge in [0.2, 0.25) is 0 Å². The average molecular weight is 436 g/mol. The molecule has 0 saturated heterocycles. The van der Waals surface area contributed by atoms with Crippen molar-refractivity contribution in [1.29, 1.82) is 5.26 Å². The number of rotatable bonds is 9. The van der Waals surface area contributed by atoms with Crippen LogP contribution in [0.3, 0.4) is 0 Å². The van der Waals surface area contributed by atoms with Crippen molar-refractivity contribution in [1.82, 2.24) is 4.98 Å². The number of unbranched alkanes of at least 4 members (excludes halogenated alkanes) is 1. The fourth-order valence-electron chi connectivity index (χ4n) is 2.78. The van der Waals surface area contributed by atoms with Crippen LogP contribution in [0.15, 0.2) is 60.3 Å². The highest BCUT2D eigenvalue weighted by molar-refractivity contribution is 7.15. The van der Waals surface area contributed by atoms with E-state index in [0.29, 0.717) is 29.5 Å². The van der Waals surface area contributed by atoms with Crippen molar-refractivity contribution in [2.24, 2.45) is 0 Å². The molecule has 0 aliphatic heterocycles. The van der Waals surface area contributed by atoms with Gasteiger partial charge in [-0.05, 0) is 36.3 Å². The van der Waals surface area contributed by atoms with Gasteiger partial charge in [0.05, 0.1) is 6.61 Å². The van der Waals surface area contributed by atoms with Crippen LogP contribution in [0.25, 0.3) is 6.08 Å². The van der Waals surface area contributed by atoms with Gasteiger partial charge in [-0.15, -0.1) is 11.3 Å². The maximum absolute atomic E-state index is 13.0. The molecular weight excluding hydrogens is 413 g/mol. The van der Waals surface area contributed by atoms with E-state index in [1.54, 1.807) is 24.4 Å². The first-order valence-corrected chi connectivity index (χ1v) is 10.7. The lowest BCUT2D eigenvalue weighted by molar-refractivity contribution is -0.112. The van der Waals surface area contributed by atoms with Crippen LogP contribution in [-0.2, 0) is 11.2 Å². The summed E-state index contributed by atoms with van der Waals surface area (Å²) >= 11 is 1.31. The SMILES string of the molecule is CCCCOc1ccccc1C=C(C#N)C(=O)Nc1ncc(Cc2ccc(F)cc2)s1. The van der Waals surface area contributed by atoms with Gasteiger partial charge in [0.25, 0.3) is 5.91 Å². The Kier molecular flexibility index (Phi) is 7.91. The number of ether oxygens (including phenoxy) is 1. The molecule has 0 aliphatic rings. The average Bonchev–Trinajstić information content (AvgIpc) is 3.21. The summed E-state index contributed by atoms with van der Waals surface area (Å²) in [4.78, 5) is 17.7. The predicted octanol–water partition coefficient (Wildman–Crippen LogP) is 5.60. The van der Waals surface area contributed by atoms with Gasteiger partial charge < -0.3 is 4.74 Å². The maximum atomic E-state index is 13.0. The molecule has 0 atom stereocenters. The Bertz CT molecular complexity index is 1100. The minimum Gasteiger partial charge on any atom is -0.493 e. The van der Waals surface area contributed by atoms with E-state index in [0.717, 1.165) is 23.3 Å². The van der Waals surface area contributed by atoms with Crippen molar-refractivity contribution in [3.05, 3.63) is 82.1 Å². The Hall–Kier alpha value is -3.50. The van der Waals surface area contributed by atoms with Gasteiger partial charge in [-0.1, -0.05) is 43.7 Å². The van der Waals surface area contributed by atoms with Crippen molar-refractivity contribution in [3.8, 4) is 11.8 Å². The molecule has 0 aliphatic carbocycles. The van der Waals surface area contributed by atoms with E-state index in [9.17, 15) is 14.4 Å². The molecular formula is C24H22FN3O2S. The molecule has 0 spiro atoms. The second-order valence-electron chi connectivity index (χ2n) is 6.80. The summed E-state index contributed by atoms with van der Waals surface area (Å²) in [5, 5.41) is 12.6. The highest BCUT2D eigenvalue weighted by Gasteiger charge is 2.13. The van der Waals surface area contributed by atoms with Crippen LogP contribution in [0.2, 0.25) is 0 Å². The van der Waals surface area contributed by atoms with Gasteiger partial charge in [0.1, 0.15) is 23.2 Å². The number of nitriles is 1. The second kappa shape index (κ2) is 11.0. The van der Waals surface area contributed by atoms with Crippen LogP contribution >= 0.6 is 11.3 Å². The van der Waals surface area contributed by atoms with Crippen LogP contribution in [0.4, 0.5) is 9.52 Å². The number of para-hydroxylation sites is 1. The van der Waals surface area contributed by atoms with Crippen molar-refractivity contribution in [2.75, 3.05) is 11.9 Å². The highest BCUT2D eigenvalue weighted by atomic mass is 32.1. The number of anilines is 1. The summed E-state index contributed by atoms with van der Waals surface area (Å²) in [7, 11) is 0. The lowest BCUT2D eigenvalue weighted by Crippen LogP contribution is -2.13. The van der Waals surface area contributed by atoms with Crippen LogP contribution in [-0.4, -0.2) is 17.5 Å². The molecule has 2 aromatic carbocycles. The zero-order valence-corrected chi connectivity index (χ0v) is 17.9. The molecule has 158 valence electrons. The Balaban J connectivity index is 1.69. The molecule has 3 aromatic rings. The van der Waals surface area contributed by atoms with Crippen LogP contribution in [0.5, 0.6) is 5.75 Å². The summed E-state index contributed by atoms with van der Waals surface area (Å²) < 4.78 is 18.8. The molecule has 0 fully saturated rings. The van der Waals surface area contributed by atoms with E-state index < -0.39 is 5.91 Å². The van der Waals surface area contributed by atoms with E-state index in [1.165, 1.54) is 29.5 Å². The number of halogens is 1. The number of carbonyl (C=O) groups excluding carboxylic acids is 1. The summed E-state index contributed by atoms with van der Waals surface area (Å²) in [6.45, 7) is 2.66. The Morgan fingerprint density at radius 1 is 1.26 bits per heavy atom. The van der Waals surface area contributed by atoms with Gasteiger partial charge in [0, 0.05) is 23.1 Å².